The highest BCUT2D eigenvalue weighted by Crippen LogP contribution is 2.66. The van der Waals surface area contributed by atoms with Gasteiger partial charge < -0.3 is 27.9 Å². The van der Waals surface area contributed by atoms with E-state index >= 15 is 0 Å². The van der Waals surface area contributed by atoms with Crippen LogP contribution >= 0.6 is 86.3 Å². The maximum Gasteiger partial charge on any atom is 0.494 e. The lowest BCUT2D eigenvalue weighted by atomic mass is 9.70. The standard InChI is InChI=1S/C55H42BNO3.C55H33Br2NO.C6H3Br2I/c1-53(2)54(3,4)60-56(59-53)36-26-30-38(31-27-36)57(37-28-24-35(25-29-37)40-18-13-19-46-45-17-8-12-23-51(45)58-52(40)46)39-32-33-44-43-16-7-11-22-49(43)55(50(44)34-39)47-20-9-5-14-41(47)42-15-6-10-21-48(42)55;56-36-24-31-52(57)47(32-36)35-22-27-38(28-23-35)58(37-25-20-34(21-26-37)40-14-9-15-46-45-13-4-8-19-53(45)59-54(40)46)39-29-30-44-43-12-3-7-18-50(43)55(51(44)33-39)48-16-5-1-10-41(48)42-11-2-6-17-49(42)55;7-4-1-2-5(8)6(9)3-4/h5-34H,1-4H3;1-33H;1-3H. The summed E-state index contributed by atoms with van der Waals surface area (Å²) in [4.78, 5) is 4.78. The molecule has 4 aliphatic carbocycles. The van der Waals surface area contributed by atoms with Gasteiger partial charge in [-0.05, 0) is 304 Å². The SMILES string of the molecule is Brc1ccc(Br)c(-c2ccc(N(c3ccc(-c4cccc5c4oc4ccccc45)cc3)c3ccc4c(c3)C3(c5ccccc5-c5ccccc53)c3ccccc3-4)cc2)c1.Brc1ccc(Br)c(I)c1.CC1(C)OB(c2ccc(N(c3ccc(-c4cccc5c4oc4ccccc45)cc3)c3ccc4c(c3)C3(c5ccccc5-c5ccccc53)c3ccccc3-4)cc2)OC1(C)C. The van der Waals surface area contributed by atoms with Gasteiger partial charge in [0.2, 0.25) is 0 Å². The van der Waals surface area contributed by atoms with Gasteiger partial charge in [0.15, 0.2) is 0 Å². The number of hydrogen-bond acceptors (Lipinski definition) is 6. The van der Waals surface area contributed by atoms with E-state index in [0.717, 1.165) is 135 Å². The van der Waals surface area contributed by atoms with Crippen molar-refractivity contribution in [2.24, 2.45) is 0 Å². The fraction of sp³-hybridized carbons (Fsp3) is 0.0690. The van der Waals surface area contributed by atoms with Crippen molar-refractivity contribution >= 4 is 177 Å². The van der Waals surface area contributed by atoms with E-state index in [-0.39, 0.29) is 0 Å². The zero-order valence-corrected chi connectivity index (χ0v) is 78.6. The molecule has 12 heteroatoms. The third-order valence-electron chi connectivity index (χ3n) is 27.1. The Morgan fingerprint density at radius 1 is 0.250 bits per heavy atom. The highest BCUT2D eigenvalue weighted by atomic mass is 127. The van der Waals surface area contributed by atoms with E-state index < -0.39 is 29.2 Å². The maximum atomic E-state index is 6.47. The van der Waals surface area contributed by atoms with Gasteiger partial charge in [0.1, 0.15) is 22.3 Å². The van der Waals surface area contributed by atoms with Crippen LogP contribution in [0.1, 0.15) is 72.2 Å². The summed E-state index contributed by atoms with van der Waals surface area (Å²) in [5, 5.41) is 4.52. The number of fused-ring (bicyclic) bond motifs is 26. The quantitative estimate of drug-likeness (QED) is 0.0773. The van der Waals surface area contributed by atoms with Gasteiger partial charge in [-0.3, -0.25) is 0 Å². The van der Waals surface area contributed by atoms with Crippen molar-refractivity contribution in [3.63, 3.8) is 0 Å². The number of nitrogens with zero attached hydrogens (tertiary/aromatic N) is 2. The summed E-state index contributed by atoms with van der Waals surface area (Å²) in [6.45, 7) is 8.39. The van der Waals surface area contributed by atoms with Gasteiger partial charge in [-0.15, -0.1) is 0 Å². The summed E-state index contributed by atoms with van der Waals surface area (Å²) in [6.07, 6.45) is 0. The summed E-state index contributed by atoms with van der Waals surface area (Å²) < 4.78 is 31.5. The van der Waals surface area contributed by atoms with E-state index in [0.29, 0.717) is 0 Å². The molecule has 1 fully saturated rings. The first-order valence-electron chi connectivity index (χ1n) is 43.1. The minimum atomic E-state index is -0.448. The van der Waals surface area contributed by atoms with Crippen LogP contribution in [-0.2, 0) is 20.1 Å². The molecule has 25 rings (SSSR count). The van der Waals surface area contributed by atoms with E-state index in [4.69, 9.17) is 18.1 Å². The first-order chi connectivity index (χ1) is 62.5. The van der Waals surface area contributed by atoms with Crippen LogP contribution in [0.4, 0.5) is 34.1 Å². The molecule has 3 heterocycles. The van der Waals surface area contributed by atoms with Crippen molar-refractivity contribution in [3.8, 4) is 77.9 Å². The lowest BCUT2D eigenvalue weighted by molar-refractivity contribution is 0.00578. The Balaban J connectivity index is 0.000000133. The normalized spacial score (nSPS) is 14.3. The number of benzene rings is 18. The molecule has 6 nitrogen and oxygen atoms in total. The van der Waals surface area contributed by atoms with Crippen molar-refractivity contribution in [2.75, 3.05) is 9.80 Å². The Morgan fingerprint density at radius 3 is 0.914 bits per heavy atom. The van der Waals surface area contributed by atoms with Gasteiger partial charge in [0.05, 0.1) is 22.0 Å². The molecule has 20 aromatic rings. The monoisotopic (exact) mass is 2020 g/mol. The Bertz CT molecular complexity index is 7730. The molecule has 614 valence electrons. The molecule has 0 bridgehead atoms. The van der Waals surface area contributed by atoms with Gasteiger partial charge in [0, 0.05) is 88.3 Å². The van der Waals surface area contributed by atoms with Crippen molar-refractivity contribution in [3.05, 3.63) is 466 Å². The van der Waals surface area contributed by atoms with Crippen LogP contribution in [0, 0.1) is 3.57 Å². The lowest BCUT2D eigenvalue weighted by Gasteiger charge is -2.32. The molecule has 0 radical (unpaired) electrons. The van der Waals surface area contributed by atoms with Crippen LogP contribution in [0.2, 0.25) is 0 Å². The van der Waals surface area contributed by atoms with Crippen molar-refractivity contribution < 1.29 is 18.1 Å². The van der Waals surface area contributed by atoms with E-state index in [1.165, 1.54) is 92.6 Å². The van der Waals surface area contributed by atoms with E-state index in [1.54, 1.807) is 0 Å². The minimum absolute atomic E-state index is 0.424. The molecule has 5 aliphatic rings. The van der Waals surface area contributed by atoms with Crippen LogP contribution in [-0.4, -0.2) is 18.3 Å². The first kappa shape index (κ1) is 80.4. The Hall–Kier alpha value is -12.2. The molecule has 18 aromatic carbocycles. The van der Waals surface area contributed by atoms with E-state index in [9.17, 15) is 0 Å². The Labute approximate surface area is 791 Å². The average molecular weight is 2020 g/mol. The summed E-state index contributed by atoms with van der Waals surface area (Å²) in [5.41, 5.74) is 36.9. The number of anilines is 6. The van der Waals surface area contributed by atoms with Crippen LogP contribution < -0.4 is 15.3 Å². The second kappa shape index (κ2) is 31.6. The molecule has 2 aromatic heterocycles. The number of halogens is 5. The molecule has 0 N–H and O–H groups in total. The molecule has 0 atom stereocenters. The van der Waals surface area contributed by atoms with Gasteiger partial charge in [0.25, 0.3) is 0 Å². The minimum Gasteiger partial charge on any atom is -0.455 e. The third-order valence-corrected chi connectivity index (χ3v) is 31.1. The van der Waals surface area contributed by atoms with E-state index in [1.807, 2.05) is 36.4 Å². The van der Waals surface area contributed by atoms with Crippen LogP contribution in [0.25, 0.3) is 122 Å². The highest BCUT2D eigenvalue weighted by molar-refractivity contribution is 14.1. The van der Waals surface area contributed by atoms with Crippen molar-refractivity contribution in [2.45, 2.75) is 49.7 Å². The smallest absolute Gasteiger partial charge is 0.455 e. The predicted octanol–water partition coefficient (Wildman–Crippen LogP) is 33.4. The van der Waals surface area contributed by atoms with Gasteiger partial charge in [-0.25, -0.2) is 0 Å². The molecular weight excluding hydrogens is 1940 g/mol. The third kappa shape index (κ3) is 12.9. The van der Waals surface area contributed by atoms with Crippen molar-refractivity contribution in [1.29, 1.82) is 0 Å². The summed E-state index contributed by atoms with van der Waals surface area (Å²) in [7, 11) is -0.446. The fourth-order valence-electron chi connectivity index (χ4n) is 20.6. The Kier molecular flexibility index (Phi) is 19.9. The molecule has 0 amide bonds. The fourth-order valence-corrected chi connectivity index (χ4v) is 23.0. The second-order valence-corrected chi connectivity index (χ2v) is 39.2. The molecule has 0 unspecified atom stereocenters. The topological polar surface area (TPSA) is 51.2 Å². The maximum absolute atomic E-state index is 6.47. The largest absolute Gasteiger partial charge is 0.494 e. The van der Waals surface area contributed by atoms with Gasteiger partial charge >= 0.3 is 7.12 Å². The molecule has 1 saturated heterocycles. The number of para-hydroxylation sites is 4. The molecular formula is C116H78BBr4IN2O4. The molecule has 1 aliphatic heterocycles. The summed E-state index contributed by atoms with van der Waals surface area (Å²) >= 11 is 16.5. The average Bonchev–Trinajstić information content (AvgIpc) is 1.51. The molecule has 128 heavy (non-hydrogen) atoms. The first-order valence-corrected chi connectivity index (χ1v) is 47.4. The number of rotatable bonds is 10. The second-order valence-electron chi connectivity index (χ2n) is 34.5. The number of hydrogen-bond donors (Lipinski definition) is 0. The summed E-state index contributed by atoms with van der Waals surface area (Å²) in [6, 6.07) is 145. The van der Waals surface area contributed by atoms with Crippen LogP contribution in [0.3, 0.4) is 0 Å². The van der Waals surface area contributed by atoms with Crippen LogP contribution in [0.15, 0.2) is 427 Å². The van der Waals surface area contributed by atoms with Gasteiger partial charge in [-0.2, -0.15) is 0 Å². The zero-order chi connectivity index (χ0) is 86.5. The Morgan fingerprint density at radius 2 is 0.547 bits per heavy atom. The highest BCUT2D eigenvalue weighted by Gasteiger charge is 2.55. The van der Waals surface area contributed by atoms with Gasteiger partial charge in [-0.1, -0.05) is 327 Å². The van der Waals surface area contributed by atoms with Crippen LogP contribution in [0.5, 0.6) is 0 Å². The van der Waals surface area contributed by atoms with Crippen molar-refractivity contribution in [1.82, 2.24) is 0 Å². The number of furan rings is 2. The lowest BCUT2D eigenvalue weighted by Crippen LogP contribution is -2.41. The molecule has 2 spiro atoms. The predicted molar refractivity (Wildman–Crippen MR) is 551 cm³/mol. The zero-order valence-electron chi connectivity index (χ0n) is 70.1. The van der Waals surface area contributed by atoms with E-state index in [2.05, 4.69) is 488 Å². The molecule has 0 saturated carbocycles. The summed E-state index contributed by atoms with van der Waals surface area (Å²) in [5.74, 6) is 0.